The zero-order valence-electron chi connectivity index (χ0n) is 11.2. The second-order valence-corrected chi connectivity index (χ2v) is 5.09. The molecule has 1 aliphatic carbocycles. The van der Waals surface area contributed by atoms with Gasteiger partial charge in [-0.2, -0.15) is 5.10 Å². The Morgan fingerprint density at radius 1 is 1.50 bits per heavy atom. The number of carboxylic acids is 1. The van der Waals surface area contributed by atoms with E-state index in [2.05, 4.69) is 5.10 Å². The highest BCUT2D eigenvalue weighted by Gasteiger charge is 2.22. The number of aromatic nitrogens is 2. The van der Waals surface area contributed by atoms with Crippen molar-refractivity contribution in [3.63, 3.8) is 0 Å². The third-order valence-electron chi connectivity index (χ3n) is 3.54. The Labute approximate surface area is 116 Å². The molecule has 1 N–H and O–H groups in total. The van der Waals surface area contributed by atoms with Crippen molar-refractivity contribution in [1.82, 2.24) is 9.78 Å². The molecule has 0 saturated heterocycles. The molecule has 5 heteroatoms. The Hall–Kier alpha value is -2.30. The number of nitrogens with zero attached hydrogens (tertiary/aromatic N) is 2. The molecule has 1 aromatic heterocycles. The van der Waals surface area contributed by atoms with Crippen molar-refractivity contribution in [1.29, 1.82) is 0 Å². The number of carbonyl (C=O) groups is 1. The third-order valence-corrected chi connectivity index (χ3v) is 3.54. The van der Waals surface area contributed by atoms with E-state index in [0.29, 0.717) is 5.75 Å². The molecule has 1 aromatic carbocycles. The Morgan fingerprint density at radius 2 is 2.30 bits per heavy atom. The summed E-state index contributed by atoms with van der Waals surface area (Å²) >= 11 is 0. The number of methoxy groups -OCH3 is 1. The second-order valence-electron chi connectivity index (χ2n) is 5.09. The van der Waals surface area contributed by atoms with Crippen molar-refractivity contribution in [2.75, 3.05) is 7.11 Å². The largest absolute Gasteiger partial charge is 0.495 e. The van der Waals surface area contributed by atoms with E-state index >= 15 is 0 Å². The van der Waals surface area contributed by atoms with Crippen LogP contribution in [0.3, 0.4) is 0 Å². The number of aromatic carboxylic acids is 1. The molecule has 5 nitrogen and oxygen atoms in total. The summed E-state index contributed by atoms with van der Waals surface area (Å²) in [5, 5.41) is 13.5. The molecular weight excluding hydrogens is 256 g/mol. The molecule has 0 atom stereocenters. The van der Waals surface area contributed by atoms with Gasteiger partial charge in [-0.15, -0.1) is 0 Å². The molecule has 2 aromatic rings. The van der Waals surface area contributed by atoms with Crippen LogP contribution in [0.2, 0.25) is 0 Å². The first-order valence-corrected chi connectivity index (χ1v) is 6.62. The summed E-state index contributed by atoms with van der Waals surface area (Å²) in [5.74, 6) is 0.134. The molecule has 0 spiro atoms. The van der Waals surface area contributed by atoms with Gasteiger partial charge >= 0.3 is 5.97 Å². The number of ether oxygens (including phenoxy) is 1. The maximum absolute atomic E-state index is 11.2. The van der Waals surface area contributed by atoms with Crippen LogP contribution in [0.5, 0.6) is 5.75 Å². The predicted molar refractivity (Wildman–Crippen MR) is 73.9 cm³/mol. The minimum atomic E-state index is -0.992. The van der Waals surface area contributed by atoms with Crippen LogP contribution in [-0.2, 0) is 6.54 Å². The molecule has 1 fully saturated rings. The van der Waals surface area contributed by atoms with E-state index < -0.39 is 5.97 Å². The van der Waals surface area contributed by atoms with Crippen LogP contribution < -0.4 is 4.74 Å². The summed E-state index contributed by atoms with van der Waals surface area (Å²) in [5.41, 5.74) is 1.81. The normalized spacial score (nSPS) is 14.2. The van der Waals surface area contributed by atoms with Crippen LogP contribution in [-0.4, -0.2) is 28.0 Å². The molecule has 0 bridgehead atoms. The summed E-state index contributed by atoms with van der Waals surface area (Å²) in [6, 6.07) is 5.11. The van der Waals surface area contributed by atoms with Crippen molar-refractivity contribution >= 4 is 5.97 Å². The number of rotatable bonds is 5. The minimum absolute atomic E-state index is 0.167. The van der Waals surface area contributed by atoms with Gasteiger partial charge in [-0.1, -0.05) is 12.1 Å². The molecule has 1 heterocycles. The van der Waals surface area contributed by atoms with E-state index in [-0.39, 0.29) is 5.56 Å². The first-order valence-electron chi connectivity index (χ1n) is 6.62. The lowest BCUT2D eigenvalue weighted by Gasteiger charge is -2.09. The van der Waals surface area contributed by atoms with Gasteiger partial charge in [-0.05, 0) is 24.8 Å². The average Bonchev–Trinajstić information content (AvgIpc) is 3.13. The van der Waals surface area contributed by atoms with E-state index in [1.807, 2.05) is 16.9 Å². The Balaban J connectivity index is 1.97. The van der Waals surface area contributed by atoms with Gasteiger partial charge in [-0.25, -0.2) is 4.79 Å². The van der Waals surface area contributed by atoms with Gasteiger partial charge in [0.1, 0.15) is 11.3 Å². The third kappa shape index (κ3) is 2.39. The predicted octanol–water partition coefficient (Wildman–Crippen LogP) is 2.67. The van der Waals surface area contributed by atoms with Gasteiger partial charge < -0.3 is 9.84 Å². The van der Waals surface area contributed by atoms with Crippen LogP contribution in [0.4, 0.5) is 0 Å². The highest BCUT2D eigenvalue weighted by atomic mass is 16.5. The maximum Gasteiger partial charge on any atom is 0.339 e. The Bertz CT molecular complexity index is 644. The SMILES string of the molecule is COc1c(C(=O)O)cccc1-c1cnn(CC2CC2)c1. The van der Waals surface area contributed by atoms with Crippen LogP contribution in [0.25, 0.3) is 11.1 Å². The van der Waals surface area contributed by atoms with Crippen molar-refractivity contribution < 1.29 is 14.6 Å². The fourth-order valence-electron chi connectivity index (χ4n) is 2.32. The molecule has 1 saturated carbocycles. The Morgan fingerprint density at radius 3 is 2.95 bits per heavy atom. The maximum atomic E-state index is 11.2. The lowest BCUT2D eigenvalue weighted by Crippen LogP contribution is -2.01. The van der Waals surface area contributed by atoms with Gasteiger partial charge in [0.25, 0.3) is 0 Å². The minimum Gasteiger partial charge on any atom is -0.495 e. The van der Waals surface area contributed by atoms with Crippen molar-refractivity contribution in [2.45, 2.75) is 19.4 Å². The van der Waals surface area contributed by atoms with Crippen molar-refractivity contribution in [3.05, 3.63) is 36.2 Å². The van der Waals surface area contributed by atoms with Crippen LogP contribution in [0, 0.1) is 5.92 Å². The lowest BCUT2D eigenvalue weighted by molar-refractivity contribution is 0.0693. The fraction of sp³-hybridized carbons (Fsp3) is 0.333. The summed E-state index contributed by atoms with van der Waals surface area (Å²) < 4.78 is 7.19. The van der Waals surface area contributed by atoms with Gasteiger partial charge in [0.05, 0.1) is 13.3 Å². The molecule has 0 amide bonds. The molecule has 0 radical (unpaired) electrons. The average molecular weight is 272 g/mol. The number of carboxylic acid groups (broad SMARTS) is 1. The summed E-state index contributed by atoms with van der Waals surface area (Å²) in [6.45, 7) is 0.931. The summed E-state index contributed by atoms with van der Waals surface area (Å²) in [4.78, 5) is 11.2. The first kappa shape index (κ1) is 12.7. The monoisotopic (exact) mass is 272 g/mol. The zero-order valence-corrected chi connectivity index (χ0v) is 11.2. The van der Waals surface area contributed by atoms with Crippen LogP contribution in [0.15, 0.2) is 30.6 Å². The van der Waals surface area contributed by atoms with Crippen LogP contribution in [0.1, 0.15) is 23.2 Å². The molecule has 0 unspecified atom stereocenters. The van der Waals surface area contributed by atoms with E-state index in [1.165, 1.54) is 20.0 Å². The summed E-state index contributed by atoms with van der Waals surface area (Å²) in [6.07, 6.45) is 6.24. The van der Waals surface area contributed by atoms with E-state index in [4.69, 9.17) is 4.74 Å². The molecule has 0 aliphatic heterocycles. The van der Waals surface area contributed by atoms with Gasteiger partial charge in [0.15, 0.2) is 0 Å². The van der Waals surface area contributed by atoms with Crippen molar-refractivity contribution in [2.24, 2.45) is 5.92 Å². The molecule has 104 valence electrons. The van der Waals surface area contributed by atoms with E-state index in [0.717, 1.165) is 23.6 Å². The van der Waals surface area contributed by atoms with E-state index in [1.54, 1.807) is 18.3 Å². The number of hydrogen-bond donors (Lipinski definition) is 1. The smallest absolute Gasteiger partial charge is 0.339 e. The quantitative estimate of drug-likeness (QED) is 0.908. The van der Waals surface area contributed by atoms with Gasteiger partial charge in [0.2, 0.25) is 0 Å². The van der Waals surface area contributed by atoms with Crippen molar-refractivity contribution in [3.8, 4) is 16.9 Å². The molecule has 1 aliphatic rings. The van der Waals surface area contributed by atoms with Gasteiger partial charge in [-0.3, -0.25) is 4.68 Å². The van der Waals surface area contributed by atoms with E-state index in [9.17, 15) is 9.90 Å². The van der Waals surface area contributed by atoms with Crippen LogP contribution >= 0.6 is 0 Å². The highest BCUT2D eigenvalue weighted by molar-refractivity contribution is 5.94. The topological polar surface area (TPSA) is 64.3 Å². The molecular formula is C15H16N2O3. The lowest BCUT2D eigenvalue weighted by atomic mass is 10.0. The standard InChI is InChI=1S/C15H16N2O3/c1-20-14-12(3-2-4-13(14)15(18)19)11-7-16-17(9-11)8-10-5-6-10/h2-4,7,9-10H,5-6,8H2,1H3,(H,18,19). The van der Waals surface area contributed by atoms with Gasteiger partial charge in [0, 0.05) is 23.9 Å². The Kier molecular flexibility index (Phi) is 3.18. The summed E-state index contributed by atoms with van der Waals surface area (Å²) in [7, 11) is 1.49. The molecule has 20 heavy (non-hydrogen) atoms. The second kappa shape index (κ2) is 5.00. The number of hydrogen-bond acceptors (Lipinski definition) is 3. The number of benzene rings is 1. The molecule has 3 rings (SSSR count). The fourth-order valence-corrected chi connectivity index (χ4v) is 2.32. The first-order chi connectivity index (χ1) is 9.69. The highest BCUT2D eigenvalue weighted by Crippen LogP contribution is 2.34. The number of para-hydroxylation sites is 1. The zero-order chi connectivity index (χ0) is 14.1.